The smallest absolute Gasteiger partial charge is 0.240 e. The van der Waals surface area contributed by atoms with E-state index in [9.17, 15) is 4.79 Å². The van der Waals surface area contributed by atoms with Crippen molar-refractivity contribution in [1.29, 1.82) is 0 Å². The van der Waals surface area contributed by atoms with Crippen LogP contribution in [0.4, 0.5) is 5.95 Å². The molecule has 0 spiro atoms. The zero-order valence-electron chi connectivity index (χ0n) is 18.5. The molecule has 1 atom stereocenters. The Morgan fingerprint density at radius 3 is 2.53 bits per heavy atom. The summed E-state index contributed by atoms with van der Waals surface area (Å²) in [4.78, 5) is 31.0. The van der Waals surface area contributed by atoms with Crippen molar-refractivity contribution in [3.05, 3.63) is 109 Å². The Morgan fingerprint density at radius 2 is 1.76 bits per heavy atom. The van der Waals surface area contributed by atoms with Gasteiger partial charge in [-0.05, 0) is 28.5 Å². The number of fused-ring (bicyclic) bond motifs is 1. The first kappa shape index (κ1) is 21.3. The lowest BCUT2D eigenvalue weighted by molar-refractivity contribution is -0.119. The number of aromatic nitrogens is 4. The highest BCUT2D eigenvalue weighted by atomic mass is 16.1. The molecule has 5 rings (SSSR count). The third-order valence-corrected chi connectivity index (χ3v) is 5.81. The number of nitrogens with two attached hydrogens (primary N) is 1. The number of carbonyl (C=O) groups excluding carboxylic acids is 1. The second-order valence-electron chi connectivity index (χ2n) is 8.12. The van der Waals surface area contributed by atoms with Crippen molar-refractivity contribution >= 4 is 22.6 Å². The normalized spacial score (nSPS) is 11.9. The van der Waals surface area contributed by atoms with E-state index in [0.717, 1.165) is 27.9 Å². The third kappa shape index (κ3) is 4.63. The summed E-state index contributed by atoms with van der Waals surface area (Å²) >= 11 is 0. The summed E-state index contributed by atoms with van der Waals surface area (Å²) in [6.45, 7) is 0.434. The summed E-state index contributed by atoms with van der Waals surface area (Å²) in [5.41, 5.74) is 9.48. The van der Waals surface area contributed by atoms with Gasteiger partial charge in [-0.2, -0.15) is 0 Å². The molecular formula is C27H24N6O. The maximum atomic E-state index is 12.6. The SMILES string of the molecule is NC(=O)[C@H](Cc1cnc[nH]1)N(Cc1ccccc1)c1nccc(-c2ccc3ccccc3c2)n1. The van der Waals surface area contributed by atoms with Gasteiger partial charge in [0.2, 0.25) is 11.9 Å². The molecule has 3 aromatic carbocycles. The van der Waals surface area contributed by atoms with Crippen LogP contribution >= 0.6 is 0 Å². The molecule has 0 saturated carbocycles. The fraction of sp³-hybridized carbons (Fsp3) is 0.111. The molecular weight excluding hydrogens is 424 g/mol. The summed E-state index contributed by atoms with van der Waals surface area (Å²) in [6, 6.07) is 25.6. The number of aromatic amines is 1. The van der Waals surface area contributed by atoms with E-state index >= 15 is 0 Å². The zero-order valence-corrected chi connectivity index (χ0v) is 18.5. The predicted octanol–water partition coefficient (Wildman–Crippen LogP) is 4.12. The van der Waals surface area contributed by atoms with Gasteiger partial charge >= 0.3 is 0 Å². The number of imidazole rings is 1. The maximum absolute atomic E-state index is 12.6. The van der Waals surface area contributed by atoms with E-state index in [1.54, 1.807) is 18.7 Å². The first-order valence-corrected chi connectivity index (χ1v) is 11.1. The fourth-order valence-corrected chi connectivity index (χ4v) is 4.07. The van der Waals surface area contributed by atoms with Gasteiger partial charge in [0.1, 0.15) is 6.04 Å². The number of nitrogens with one attached hydrogen (secondary N) is 1. The Bertz CT molecular complexity index is 1400. The lowest BCUT2D eigenvalue weighted by atomic mass is 10.0. The molecule has 0 unspecified atom stereocenters. The molecule has 34 heavy (non-hydrogen) atoms. The number of primary amides is 1. The van der Waals surface area contributed by atoms with Gasteiger partial charge < -0.3 is 15.6 Å². The van der Waals surface area contributed by atoms with Crippen LogP contribution in [-0.2, 0) is 17.8 Å². The van der Waals surface area contributed by atoms with Crippen LogP contribution in [0.25, 0.3) is 22.0 Å². The second kappa shape index (κ2) is 9.54. The molecule has 1 amide bonds. The standard InChI is InChI=1S/C27H24N6O/c28-26(34)25(15-23-16-29-18-31-23)33(17-19-6-2-1-3-7-19)27-30-13-12-24(32-27)22-11-10-20-8-4-5-9-21(20)14-22/h1-14,16,18,25H,15,17H2,(H2,28,34)(H,29,31)/t25-/m0/s1. The average molecular weight is 449 g/mol. The van der Waals surface area contributed by atoms with Crippen LogP contribution < -0.4 is 10.6 Å². The van der Waals surface area contributed by atoms with Crippen LogP contribution in [-0.4, -0.2) is 31.9 Å². The number of hydrogen-bond acceptors (Lipinski definition) is 5. The number of carbonyl (C=O) groups is 1. The molecule has 0 aliphatic carbocycles. The topological polar surface area (TPSA) is 101 Å². The average Bonchev–Trinajstić information content (AvgIpc) is 3.40. The molecule has 0 saturated heterocycles. The van der Waals surface area contributed by atoms with Crippen molar-refractivity contribution in [2.45, 2.75) is 19.0 Å². The molecule has 5 aromatic rings. The Kier molecular flexibility index (Phi) is 5.99. The highest BCUT2D eigenvalue weighted by Gasteiger charge is 2.27. The van der Waals surface area contributed by atoms with Gasteiger partial charge in [-0.15, -0.1) is 0 Å². The van der Waals surface area contributed by atoms with Crippen LogP contribution in [0.5, 0.6) is 0 Å². The van der Waals surface area contributed by atoms with Gasteiger partial charge in [-0.1, -0.05) is 66.7 Å². The van der Waals surface area contributed by atoms with Crippen molar-refractivity contribution in [2.24, 2.45) is 5.73 Å². The Balaban J connectivity index is 1.55. The van der Waals surface area contributed by atoms with Crippen molar-refractivity contribution in [3.8, 4) is 11.3 Å². The molecule has 0 bridgehead atoms. The van der Waals surface area contributed by atoms with Crippen LogP contribution in [0.2, 0.25) is 0 Å². The summed E-state index contributed by atoms with van der Waals surface area (Å²) in [7, 11) is 0. The highest BCUT2D eigenvalue weighted by molar-refractivity contribution is 5.87. The number of H-pyrrole nitrogens is 1. The quantitative estimate of drug-likeness (QED) is 0.372. The molecule has 0 radical (unpaired) electrons. The minimum atomic E-state index is -0.660. The zero-order chi connectivity index (χ0) is 23.3. The minimum Gasteiger partial charge on any atom is -0.368 e. The monoisotopic (exact) mass is 448 g/mol. The summed E-state index contributed by atoms with van der Waals surface area (Å²) < 4.78 is 0. The van der Waals surface area contributed by atoms with E-state index in [4.69, 9.17) is 10.7 Å². The van der Waals surface area contributed by atoms with Crippen molar-refractivity contribution in [3.63, 3.8) is 0 Å². The Labute approximate surface area is 197 Å². The van der Waals surface area contributed by atoms with Crippen LogP contribution in [0.15, 0.2) is 97.6 Å². The Morgan fingerprint density at radius 1 is 0.971 bits per heavy atom. The minimum absolute atomic E-state index is 0.367. The molecule has 168 valence electrons. The van der Waals surface area contributed by atoms with Gasteiger partial charge in [0.25, 0.3) is 0 Å². The Hall–Kier alpha value is -4.52. The van der Waals surface area contributed by atoms with Gasteiger partial charge in [0.15, 0.2) is 0 Å². The molecule has 2 aromatic heterocycles. The molecule has 2 heterocycles. The van der Waals surface area contributed by atoms with Crippen molar-refractivity contribution in [1.82, 2.24) is 19.9 Å². The van der Waals surface area contributed by atoms with Gasteiger partial charge in [-0.25, -0.2) is 15.0 Å². The number of rotatable bonds is 8. The summed E-state index contributed by atoms with van der Waals surface area (Å²) in [5, 5.41) is 2.30. The van der Waals surface area contributed by atoms with E-state index in [-0.39, 0.29) is 0 Å². The van der Waals surface area contributed by atoms with E-state index in [0.29, 0.717) is 18.9 Å². The molecule has 0 aliphatic rings. The number of benzene rings is 3. The summed E-state index contributed by atoms with van der Waals surface area (Å²) in [6.07, 6.45) is 5.37. The fourth-order valence-electron chi connectivity index (χ4n) is 4.07. The highest BCUT2D eigenvalue weighted by Crippen LogP contribution is 2.26. The van der Waals surface area contributed by atoms with Crippen LogP contribution in [0.1, 0.15) is 11.3 Å². The lowest BCUT2D eigenvalue weighted by Gasteiger charge is -2.30. The van der Waals surface area contributed by atoms with E-state index in [1.807, 2.05) is 59.5 Å². The first-order valence-electron chi connectivity index (χ1n) is 11.1. The summed E-state index contributed by atoms with van der Waals surface area (Å²) in [5.74, 6) is -0.0110. The van der Waals surface area contributed by atoms with Gasteiger partial charge in [0, 0.05) is 36.6 Å². The van der Waals surface area contributed by atoms with E-state index in [2.05, 4.69) is 39.2 Å². The lowest BCUT2D eigenvalue weighted by Crippen LogP contribution is -2.47. The van der Waals surface area contributed by atoms with Crippen molar-refractivity contribution in [2.75, 3.05) is 4.90 Å². The number of nitrogens with zero attached hydrogens (tertiary/aromatic N) is 4. The van der Waals surface area contributed by atoms with Crippen LogP contribution in [0.3, 0.4) is 0 Å². The third-order valence-electron chi connectivity index (χ3n) is 5.81. The molecule has 0 fully saturated rings. The number of amides is 1. The van der Waals surface area contributed by atoms with Gasteiger partial charge in [-0.3, -0.25) is 4.79 Å². The predicted molar refractivity (Wildman–Crippen MR) is 133 cm³/mol. The largest absolute Gasteiger partial charge is 0.368 e. The first-order chi connectivity index (χ1) is 16.7. The molecule has 3 N–H and O–H groups in total. The molecule has 0 aliphatic heterocycles. The van der Waals surface area contributed by atoms with Crippen LogP contribution in [0, 0.1) is 0 Å². The maximum Gasteiger partial charge on any atom is 0.240 e. The second-order valence-corrected chi connectivity index (χ2v) is 8.12. The molecule has 7 heteroatoms. The van der Waals surface area contributed by atoms with E-state index in [1.165, 1.54) is 5.39 Å². The molecule has 7 nitrogen and oxygen atoms in total. The van der Waals surface area contributed by atoms with E-state index < -0.39 is 11.9 Å². The van der Waals surface area contributed by atoms with Gasteiger partial charge in [0.05, 0.1) is 12.0 Å². The number of anilines is 1. The number of hydrogen-bond donors (Lipinski definition) is 2. The van der Waals surface area contributed by atoms with Crippen molar-refractivity contribution < 1.29 is 4.79 Å².